The van der Waals surface area contributed by atoms with E-state index < -0.39 is 11.9 Å². The van der Waals surface area contributed by atoms with Gasteiger partial charge in [0.1, 0.15) is 5.92 Å². The van der Waals surface area contributed by atoms with Crippen LogP contribution in [0.25, 0.3) is 10.8 Å². The first-order chi connectivity index (χ1) is 9.77. The molecular weight excluding hydrogens is 248 g/mol. The van der Waals surface area contributed by atoms with Crippen LogP contribution in [0.3, 0.4) is 0 Å². The molecule has 3 aromatic carbocycles. The van der Waals surface area contributed by atoms with Gasteiger partial charge in [0.25, 0.3) is 0 Å². The summed E-state index contributed by atoms with van der Waals surface area (Å²) in [5.74, 6) is -1.46. The third-order valence-electron chi connectivity index (χ3n) is 3.51. The molecule has 0 saturated carbocycles. The molecule has 0 radical (unpaired) electrons. The summed E-state index contributed by atoms with van der Waals surface area (Å²) in [7, 11) is 0. The number of hydrogen-bond donors (Lipinski definition) is 1. The van der Waals surface area contributed by atoms with Crippen LogP contribution in [0.5, 0.6) is 0 Å². The third kappa shape index (κ3) is 2.16. The van der Waals surface area contributed by atoms with E-state index in [-0.39, 0.29) is 0 Å². The maximum atomic E-state index is 11.7. The van der Waals surface area contributed by atoms with Crippen LogP contribution < -0.4 is 0 Å². The summed E-state index contributed by atoms with van der Waals surface area (Å²) in [6.07, 6.45) is 0. The van der Waals surface area contributed by atoms with Crippen molar-refractivity contribution >= 4 is 16.7 Å². The molecule has 0 spiro atoms. The Balaban J connectivity index is 2.23. The van der Waals surface area contributed by atoms with E-state index in [4.69, 9.17) is 0 Å². The molecule has 3 aromatic rings. The van der Waals surface area contributed by atoms with Crippen molar-refractivity contribution in [3.63, 3.8) is 0 Å². The van der Waals surface area contributed by atoms with Crippen molar-refractivity contribution in [1.29, 1.82) is 0 Å². The average Bonchev–Trinajstić information content (AvgIpc) is 2.48. The second-order valence-electron chi connectivity index (χ2n) is 4.75. The molecule has 0 heterocycles. The number of hydrogen-bond acceptors (Lipinski definition) is 1. The second-order valence-corrected chi connectivity index (χ2v) is 4.75. The van der Waals surface area contributed by atoms with E-state index >= 15 is 0 Å². The van der Waals surface area contributed by atoms with Gasteiger partial charge >= 0.3 is 5.97 Å². The minimum Gasteiger partial charge on any atom is -0.481 e. The summed E-state index contributed by atoms with van der Waals surface area (Å²) < 4.78 is 0. The molecule has 2 heteroatoms. The van der Waals surface area contributed by atoms with Crippen molar-refractivity contribution in [3.05, 3.63) is 83.9 Å². The maximum Gasteiger partial charge on any atom is 0.315 e. The van der Waals surface area contributed by atoms with Crippen LogP contribution in [-0.4, -0.2) is 11.1 Å². The first-order valence-electron chi connectivity index (χ1n) is 6.53. The van der Waals surface area contributed by atoms with Gasteiger partial charge in [0, 0.05) is 0 Å². The molecule has 0 bridgehead atoms. The van der Waals surface area contributed by atoms with E-state index in [1.165, 1.54) is 0 Å². The number of carboxylic acid groups (broad SMARTS) is 1. The fourth-order valence-electron chi connectivity index (χ4n) is 2.60. The average molecular weight is 262 g/mol. The zero-order valence-corrected chi connectivity index (χ0v) is 10.9. The van der Waals surface area contributed by atoms with Crippen molar-refractivity contribution in [2.45, 2.75) is 5.92 Å². The number of carbonyl (C=O) groups is 1. The number of aliphatic carboxylic acids is 1. The van der Waals surface area contributed by atoms with E-state index in [0.717, 1.165) is 21.9 Å². The molecule has 0 aliphatic carbocycles. The fraction of sp³-hybridized carbons (Fsp3) is 0.0556. The summed E-state index contributed by atoms with van der Waals surface area (Å²) in [5.41, 5.74) is 1.64. The Morgan fingerprint density at radius 3 is 2.20 bits per heavy atom. The lowest BCUT2D eigenvalue weighted by Crippen LogP contribution is -2.13. The minimum atomic E-state index is -0.826. The molecule has 0 fully saturated rings. The molecule has 0 saturated heterocycles. The highest BCUT2D eigenvalue weighted by molar-refractivity contribution is 5.92. The standard InChI is InChI=1S/C18H14O2/c19-18(20)17(14-8-2-1-3-9-14)16-12-6-10-13-7-4-5-11-15(13)16/h1-12,17H,(H,19,20)/t17-/m1/s1. The van der Waals surface area contributed by atoms with Gasteiger partial charge in [0.2, 0.25) is 0 Å². The van der Waals surface area contributed by atoms with Gasteiger partial charge in [0.05, 0.1) is 0 Å². The summed E-state index contributed by atoms with van der Waals surface area (Å²) in [5, 5.41) is 11.7. The Hall–Kier alpha value is -2.61. The second kappa shape index (κ2) is 5.17. The molecule has 0 aliphatic rings. The van der Waals surface area contributed by atoms with Crippen LogP contribution in [0.2, 0.25) is 0 Å². The van der Waals surface area contributed by atoms with Gasteiger partial charge in [-0.2, -0.15) is 0 Å². The number of carboxylic acids is 1. The van der Waals surface area contributed by atoms with Gasteiger partial charge in [-0.3, -0.25) is 4.79 Å². The van der Waals surface area contributed by atoms with E-state index in [0.29, 0.717) is 0 Å². The summed E-state index contributed by atoms with van der Waals surface area (Å²) in [4.78, 5) is 11.7. The molecule has 1 N–H and O–H groups in total. The van der Waals surface area contributed by atoms with E-state index in [2.05, 4.69) is 0 Å². The van der Waals surface area contributed by atoms with Gasteiger partial charge in [0.15, 0.2) is 0 Å². The normalized spacial score (nSPS) is 12.2. The largest absolute Gasteiger partial charge is 0.481 e. The zero-order valence-electron chi connectivity index (χ0n) is 10.9. The SMILES string of the molecule is O=C(O)[C@H](c1ccccc1)c1cccc2ccccc12. The van der Waals surface area contributed by atoms with Crippen LogP contribution in [0.15, 0.2) is 72.8 Å². The fourth-order valence-corrected chi connectivity index (χ4v) is 2.60. The van der Waals surface area contributed by atoms with Crippen molar-refractivity contribution in [1.82, 2.24) is 0 Å². The first-order valence-corrected chi connectivity index (χ1v) is 6.53. The van der Waals surface area contributed by atoms with Gasteiger partial charge < -0.3 is 5.11 Å². The molecule has 3 rings (SSSR count). The Kier molecular flexibility index (Phi) is 3.21. The van der Waals surface area contributed by atoms with Crippen LogP contribution in [0.1, 0.15) is 17.0 Å². The number of fused-ring (bicyclic) bond motifs is 1. The smallest absolute Gasteiger partial charge is 0.315 e. The first kappa shape index (κ1) is 12.4. The number of rotatable bonds is 3. The molecule has 2 nitrogen and oxygen atoms in total. The lowest BCUT2D eigenvalue weighted by molar-refractivity contribution is -0.137. The predicted molar refractivity (Wildman–Crippen MR) is 79.9 cm³/mol. The molecular formula is C18H14O2. The van der Waals surface area contributed by atoms with Gasteiger partial charge in [-0.1, -0.05) is 72.8 Å². The van der Waals surface area contributed by atoms with Crippen molar-refractivity contribution in [3.8, 4) is 0 Å². The van der Waals surface area contributed by atoms with E-state index in [9.17, 15) is 9.90 Å². The highest BCUT2D eigenvalue weighted by Gasteiger charge is 2.23. The molecule has 0 unspecified atom stereocenters. The summed E-state index contributed by atoms with van der Waals surface area (Å²) in [6, 6.07) is 23.1. The minimum absolute atomic E-state index is 0.637. The molecule has 98 valence electrons. The van der Waals surface area contributed by atoms with Gasteiger partial charge in [-0.05, 0) is 21.9 Å². The van der Waals surface area contributed by atoms with E-state index in [1.54, 1.807) is 0 Å². The lowest BCUT2D eigenvalue weighted by atomic mass is 9.88. The third-order valence-corrected chi connectivity index (χ3v) is 3.51. The van der Waals surface area contributed by atoms with Gasteiger partial charge in [-0.15, -0.1) is 0 Å². The lowest BCUT2D eigenvalue weighted by Gasteiger charge is -2.15. The Labute approximate surface area is 117 Å². The molecule has 0 aromatic heterocycles. The summed E-state index contributed by atoms with van der Waals surface area (Å²) >= 11 is 0. The van der Waals surface area contributed by atoms with Crippen molar-refractivity contribution in [2.24, 2.45) is 0 Å². The van der Waals surface area contributed by atoms with Crippen LogP contribution in [0.4, 0.5) is 0 Å². The molecule has 0 amide bonds. The van der Waals surface area contributed by atoms with Crippen molar-refractivity contribution < 1.29 is 9.90 Å². The Bertz CT molecular complexity index is 742. The summed E-state index contributed by atoms with van der Waals surface area (Å²) in [6.45, 7) is 0. The quantitative estimate of drug-likeness (QED) is 0.773. The highest BCUT2D eigenvalue weighted by Crippen LogP contribution is 2.30. The topological polar surface area (TPSA) is 37.3 Å². The predicted octanol–water partition coefficient (Wildman–Crippen LogP) is 4.06. The van der Waals surface area contributed by atoms with E-state index in [1.807, 2.05) is 72.8 Å². The highest BCUT2D eigenvalue weighted by atomic mass is 16.4. The Morgan fingerprint density at radius 1 is 0.800 bits per heavy atom. The molecule has 20 heavy (non-hydrogen) atoms. The zero-order chi connectivity index (χ0) is 13.9. The molecule has 1 atom stereocenters. The van der Waals surface area contributed by atoms with Crippen LogP contribution in [-0.2, 0) is 4.79 Å². The number of benzene rings is 3. The maximum absolute atomic E-state index is 11.7. The van der Waals surface area contributed by atoms with Crippen LogP contribution in [0, 0.1) is 0 Å². The monoisotopic (exact) mass is 262 g/mol. The van der Waals surface area contributed by atoms with Crippen molar-refractivity contribution in [2.75, 3.05) is 0 Å². The Morgan fingerprint density at radius 2 is 1.45 bits per heavy atom. The molecule has 0 aliphatic heterocycles. The van der Waals surface area contributed by atoms with Crippen LogP contribution >= 0.6 is 0 Å². The van der Waals surface area contributed by atoms with Gasteiger partial charge in [-0.25, -0.2) is 0 Å².